The normalized spacial score (nSPS) is 15.8. The Kier molecular flexibility index (Phi) is 10.7. The molecule has 4 heteroatoms. The Labute approximate surface area is 126 Å². The van der Waals surface area contributed by atoms with E-state index in [0.717, 1.165) is 0 Å². The fourth-order valence-electron chi connectivity index (χ4n) is 1.41. The van der Waals surface area contributed by atoms with Gasteiger partial charge >= 0.3 is 29.9 Å². The van der Waals surface area contributed by atoms with Crippen LogP contribution in [0.1, 0.15) is 34.6 Å². The Bertz CT molecular complexity index is 342. The van der Waals surface area contributed by atoms with Crippen molar-refractivity contribution in [3.63, 3.8) is 0 Å². The maximum absolute atomic E-state index is 8.91. The molecular weight excluding hydrogens is 428 g/mol. The third-order valence-corrected chi connectivity index (χ3v) is 2.81. The van der Waals surface area contributed by atoms with Gasteiger partial charge in [-0.05, 0) is 38.8 Å². The van der Waals surface area contributed by atoms with Crippen LogP contribution in [0.15, 0.2) is 22.3 Å². The number of hydrogen-bond acceptors (Lipinski definition) is 2. The molecule has 1 nitrogen and oxygen atoms in total. The Balaban J connectivity index is 0. The molecule has 0 spiro atoms. The van der Waals surface area contributed by atoms with Crippen LogP contribution in [-0.4, -0.2) is 8.07 Å². The van der Waals surface area contributed by atoms with Crippen molar-refractivity contribution in [1.82, 2.24) is 0 Å². The van der Waals surface area contributed by atoms with E-state index in [1.165, 1.54) is 28.2 Å². The molecule has 0 bridgehead atoms. The summed E-state index contributed by atoms with van der Waals surface area (Å²) in [5.41, 5.74) is 5.87. The van der Waals surface area contributed by atoms with E-state index in [9.17, 15) is 0 Å². The first-order chi connectivity index (χ1) is 7.97. The molecule has 0 atom stereocenters. The predicted octanol–water partition coefficient (Wildman–Crippen LogP) is 5.49. The fraction of sp³-hybridized carbons (Fsp3) is 0.571. The van der Waals surface area contributed by atoms with Gasteiger partial charge in [-0.15, -0.1) is 8.07 Å². The molecule has 0 unspecified atom stereocenters. The third kappa shape index (κ3) is 9.35. The molecule has 1 radical (unpaired) electrons. The maximum atomic E-state index is 8.91. The summed E-state index contributed by atoms with van der Waals surface area (Å²) >= 11 is -1.42. The van der Waals surface area contributed by atoms with Gasteiger partial charge in [-0.3, -0.25) is 0 Å². The quantitative estimate of drug-likeness (QED) is 0.356. The average Bonchev–Trinajstić information content (AvgIpc) is 2.35. The Hall–Kier alpha value is 0.405. The zero-order chi connectivity index (χ0) is 15.1. The van der Waals surface area contributed by atoms with E-state index in [0.29, 0.717) is 0 Å². The molecule has 0 fully saturated rings. The van der Waals surface area contributed by atoms with E-state index in [1.54, 1.807) is 0 Å². The van der Waals surface area contributed by atoms with Crippen molar-refractivity contribution in [1.29, 1.82) is 0 Å². The minimum atomic E-state index is -1.42. The molecule has 0 amide bonds. The van der Waals surface area contributed by atoms with E-state index in [-0.39, 0.29) is 0 Å². The molecule has 0 aromatic carbocycles. The third-order valence-electron chi connectivity index (χ3n) is 2.81. The van der Waals surface area contributed by atoms with E-state index in [4.69, 9.17) is 3.40 Å². The topological polar surface area (TPSA) is 17.1 Å². The number of hydrogen-bond donors (Lipinski definition) is 0. The SMILES string of the molecule is C[C]1C(C)=C(C)C(C)=C1C.[CH2-][Si](C)(C)C.[O]=[W]=[S]. The first kappa shape index (κ1) is 20.7. The summed E-state index contributed by atoms with van der Waals surface area (Å²) in [5.74, 6) is 1.47. The van der Waals surface area contributed by atoms with Gasteiger partial charge < -0.3 is 6.55 Å². The Morgan fingerprint density at radius 1 is 0.889 bits per heavy atom. The number of allylic oxidation sites excluding steroid dienone is 4. The second kappa shape index (κ2) is 9.33. The van der Waals surface area contributed by atoms with Gasteiger partial charge in [0, 0.05) is 5.92 Å². The molecular formula is C14H26OSSiW-. The Morgan fingerprint density at radius 3 is 1.11 bits per heavy atom. The van der Waals surface area contributed by atoms with Crippen molar-refractivity contribution in [3.05, 3.63) is 34.8 Å². The first-order valence-electron chi connectivity index (χ1n) is 5.94. The monoisotopic (exact) mass is 454 g/mol. The molecule has 0 aliphatic heterocycles. The zero-order valence-electron chi connectivity index (χ0n) is 12.9. The summed E-state index contributed by atoms with van der Waals surface area (Å²) in [7, 11) is 3.14. The van der Waals surface area contributed by atoms with Crippen LogP contribution in [0.3, 0.4) is 0 Å². The van der Waals surface area contributed by atoms with Crippen LogP contribution in [0.4, 0.5) is 0 Å². The van der Waals surface area contributed by atoms with Gasteiger partial charge in [0.15, 0.2) is 0 Å². The molecule has 105 valence electrons. The van der Waals surface area contributed by atoms with Gasteiger partial charge in [0.1, 0.15) is 0 Å². The summed E-state index contributed by atoms with van der Waals surface area (Å²) in [6.45, 7) is 21.6. The van der Waals surface area contributed by atoms with Crippen molar-refractivity contribution < 1.29 is 20.1 Å². The van der Waals surface area contributed by atoms with Crippen LogP contribution in [0.25, 0.3) is 0 Å². The zero-order valence-corrected chi connectivity index (χ0v) is 17.7. The molecule has 1 rings (SSSR count). The van der Waals surface area contributed by atoms with Gasteiger partial charge in [0.05, 0.1) is 0 Å². The van der Waals surface area contributed by atoms with Gasteiger partial charge in [-0.1, -0.05) is 37.7 Å². The van der Waals surface area contributed by atoms with Gasteiger partial charge in [0.2, 0.25) is 0 Å². The van der Waals surface area contributed by atoms with Crippen molar-refractivity contribution in [2.75, 3.05) is 0 Å². The molecule has 0 saturated carbocycles. The molecule has 0 N–H and O–H groups in total. The molecule has 0 saturated heterocycles. The van der Waals surface area contributed by atoms with Crippen LogP contribution >= 0.6 is 9.82 Å². The fourth-order valence-corrected chi connectivity index (χ4v) is 1.41. The van der Waals surface area contributed by atoms with E-state index < -0.39 is 24.8 Å². The average molecular weight is 454 g/mol. The standard InChI is InChI=1S/C10H15.C4H11Si.O.S.W/c1-6-7(2)9(4)10(5)8(6)3;1-5(2,3)4;;;/h1-5H3;1H2,2-4H3;;;/q;-1;;;. The second-order valence-corrected chi connectivity index (χ2v) is 12.5. The van der Waals surface area contributed by atoms with E-state index >= 15 is 0 Å². The van der Waals surface area contributed by atoms with E-state index in [1.807, 2.05) is 0 Å². The summed E-state index contributed by atoms with van der Waals surface area (Å²) in [5, 5.41) is 0. The molecule has 0 aromatic rings. The molecule has 0 heterocycles. The molecule has 1 aliphatic rings. The molecule has 1 aliphatic carbocycles. The molecule has 18 heavy (non-hydrogen) atoms. The predicted molar refractivity (Wildman–Crippen MR) is 82.6 cm³/mol. The van der Waals surface area contributed by atoms with Gasteiger partial charge in [-0.25, -0.2) is 0 Å². The van der Waals surface area contributed by atoms with Gasteiger partial charge in [-0.2, -0.15) is 0 Å². The van der Waals surface area contributed by atoms with Gasteiger partial charge in [0.25, 0.3) is 0 Å². The number of rotatable bonds is 0. The van der Waals surface area contributed by atoms with Crippen LogP contribution in [-0.2, 0) is 20.1 Å². The van der Waals surface area contributed by atoms with Crippen LogP contribution in [0, 0.1) is 12.5 Å². The second-order valence-electron chi connectivity index (χ2n) is 5.75. The van der Waals surface area contributed by atoms with Crippen molar-refractivity contribution >= 4 is 17.9 Å². The van der Waals surface area contributed by atoms with Crippen molar-refractivity contribution in [2.24, 2.45) is 0 Å². The summed E-state index contributed by atoms with van der Waals surface area (Å²) in [6.07, 6.45) is 0. The van der Waals surface area contributed by atoms with Crippen LogP contribution in [0.2, 0.25) is 19.6 Å². The summed E-state index contributed by atoms with van der Waals surface area (Å²) in [4.78, 5) is 0. The summed E-state index contributed by atoms with van der Waals surface area (Å²) < 4.78 is 8.91. The minimum absolute atomic E-state index is 0.861. The van der Waals surface area contributed by atoms with Crippen molar-refractivity contribution in [2.45, 2.75) is 54.3 Å². The summed E-state index contributed by atoms with van der Waals surface area (Å²) in [6, 6.07) is 0. The molecule has 0 aromatic heterocycles. The van der Waals surface area contributed by atoms with Crippen molar-refractivity contribution in [3.8, 4) is 0 Å². The Morgan fingerprint density at radius 2 is 1.06 bits per heavy atom. The van der Waals surface area contributed by atoms with Crippen LogP contribution < -0.4 is 0 Å². The van der Waals surface area contributed by atoms with E-state index in [2.05, 4.69) is 70.6 Å². The van der Waals surface area contributed by atoms with Crippen LogP contribution in [0.5, 0.6) is 0 Å². The first-order valence-corrected chi connectivity index (χ1v) is 14.8.